The maximum atomic E-state index is 14.2. The number of nitrogens with one attached hydrogen (secondary N) is 1. The van der Waals surface area contributed by atoms with E-state index >= 15 is 0 Å². The van der Waals surface area contributed by atoms with Gasteiger partial charge in [0, 0.05) is 19.9 Å². The zero-order valence-corrected chi connectivity index (χ0v) is 25.6. The van der Waals surface area contributed by atoms with Gasteiger partial charge in [0.15, 0.2) is 0 Å². The van der Waals surface area contributed by atoms with E-state index in [0.29, 0.717) is 10.0 Å². The number of carbonyl (C=O) groups excluding carboxylic acids is 2. The Balaban J connectivity index is 1.96. The van der Waals surface area contributed by atoms with Crippen LogP contribution in [0.2, 0.25) is 10.0 Å². The van der Waals surface area contributed by atoms with Crippen LogP contribution < -0.4 is 5.32 Å². The number of likely N-dealkylation sites (tertiary alicyclic amines) is 1. The summed E-state index contributed by atoms with van der Waals surface area (Å²) in [6.45, 7) is 5.45. The number of esters is 1. The van der Waals surface area contributed by atoms with Gasteiger partial charge in [-0.1, -0.05) is 85.4 Å². The second-order valence-corrected chi connectivity index (χ2v) is 11.5. The van der Waals surface area contributed by atoms with Crippen molar-refractivity contribution in [1.29, 1.82) is 0 Å². The molecule has 1 saturated heterocycles. The highest BCUT2D eigenvalue weighted by Crippen LogP contribution is 2.48. The highest BCUT2D eigenvalue weighted by Gasteiger charge is 2.51. The maximum absolute atomic E-state index is 14.2. The van der Waals surface area contributed by atoms with E-state index in [1.54, 1.807) is 7.05 Å². The van der Waals surface area contributed by atoms with Gasteiger partial charge in [0.05, 0.1) is 16.7 Å². The Labute approximate surface area is 253 Å². The highest BCUT2D eigenvalue weighted by molar-refractivity contribution is 6.42. The van der Waals surface area contributed by atoms with E-state index in [1.807, 2.05) is 60.7 Å². The summed E-state index contributed by atoms with van der Waals surface area (Å²) in [4.78, 5) is 27.9. The molecule has 2 aromatic rings. The molecule has 41 heavy (non-hydrogen) atoms. The minimum atomic E-state index is -1.02. The van der Waals surface area contributed by atoms with Gasteiger partial charge in [0.2, 0.25) is 5.91 Å². The van der Waals surface area contributed by atoms with Crippen molar-refractivity contribution >= 4 is 35.1 Å². The normalized spacial score (nSPS) is 23.5. The number of rotatable bonds is 11. The number of amides is 1. The lowest BCUT2D eigenvalue weighted by molar-refractivity contribution is -0.143. The Morgan fingerprint density at radius 1 is 1.00 bits per heavy atom. The molecule has 0 bridgehead atoms. The van der Waals surface area contributed by atoms with Crippen molar-refractivity contribution in [1.82, 2.24) is 10.2 Å². The number of nitrogens with zero attached hydrogens (tertiary/aromatic N) is 1. The number of hydrogen-bond acceptors (Lipinski definition) is 5. The molecular formula is C33H40Cl2N2O4. The van der Waals surface area contributed by atoms with Gasteiger partial charge in [0.1, 0.15) is 17.7 Å². The monoisotopic (exact) mass is 598 g/mol. The first-order chi connectivity index (χ1) is 19.8. The lowest BCUT2D eigenvalue weighted by atomic mass is 9.68. The lowest BCUT2D eigenvalue weighted by Gasteiger charge is -2.49. The van der Waals surface area contributed by atoms with Gasteiger partial charge in [-0.15, -0.1) is 0 Å². The van der Waals surface area contributed by atoms with E-state index in [-0.39, 0.29) is 31.0 Å². The van der Waals surface area contributed by atoms with Crippen LogP contribution in [-0.4, -0.2) is 55.7 Å². The summed E-state index contributed by atoms with van der Waals surface area (Å²) in [7, 11) is 1.70. The van der Waals surface area contributed by atoms with Gasteiger partial charge in [-0.3, -0.25) is 14.5 Å². The smallest absolute Gasteiger partial charge is 0.302 e. The summed E-state index contributed by atoms with van der Waals surface area (Å²) in [6, 6.07) is 15.7. The third kappa shape index (κ3) is 6.72. The first-order valence-corrected chi connectivity index (χ1v) is 15.2. The molecular weight excluding hydrogens is 559 g/mol. The zero-order valence-electron chi connectivity index (χ0n) is 24.1. The minimum Gasteiger partial charge on any atom is -0.463 e. The molecule has 6 nitrogen and oxygen atoms in total. The van der Waals surface area contributed by atoms with Crippen molar-refractivity contribution in [2.45, 2.75) is 63.0 Å². The first-order valence-electron chi connectivity index (χ1n) is 14.5. The molecule has 0 aromatic heterocycles. The van der Waals surface area contributed by atoms with Crippen LogP contribution in [0.25, 0.3) is 0 Å². The summed E-state index contributed by atoms with van der Waals surface area (Å²) in [5.74, 6) is -0.576. The van der Waals surface area contributed by atoms with E-state index < -0.39 is 11.1 Å². The Kier molecular flexibility index (Phi) is 10.7. The summed E-state index contributed by atoms with van der Waals surface area (Å²) in [6.07, 6.45) is 11.0. The van der Waals surface area contributed by atoms with Crippen LogP contribution in [0.5, 0.6) is 0 Å². The molecule has 2 aliphatic rings. The number of likely N-dealkylation sites (N-methyl/N-ethyl adjacent to an activating group) is 1. The number of benzene rings is 2. The largest absolute Gasteiger partial charge is 0.463 e. The molecule has 1 aliphatic carbocycles. The molecule has 220 valence electrons. The summed E-state index contributed by atoms with van der Waals surface area (Å²) >= 11 is 12.9. The molecule has 0 saturated carbocycles. The molecule has 1 aliphatic heterocycles. The summed E-state index contributed by atoms with van der Waals surface area (Å²) < 4.78 is 11.8. The fourth-order valence-electron chi connectivity index (χ4n) is 6.14. The Morgan fingerprint density at radius 3 is 2.37 bits per heavy atom. The Bertz CT molecular complexity index is 1280. The molecule has 4 rings (SSSR count). The predicted molar refractivity (Wildman–Crippen MR) is 164 cm³/mol. The van der Waals surface area contributed by atoms with Gasteiger partial charge >= 0.3 is 5.97 Å². The second-order valence-electron chi connectivity index (χ2n) is 10.7. The maximum Gasteiger partial charge on any atom is 0.302 e. The number of piperidine rings is 1. The van der Waals surface area contributed by atoms with Crippen molar-refractivity contribution in [3.63, 3.8) is 0 Å². The van der Waals surface area contributed by atoms with E-state index in [0.717, 1.165) is 61.9 Å². The van der Waals surface area contributed by atoms with E-state index in [4.69, 9.17) is 32.7 Å². The third-order valence-electron chi connectivity index (χ3n) is 8.06. The van der Waals surface area contributed by atoms with Gasteiger partial charge in [-0.05, 0) is 73.3 Å². The fraction of sp³-hybridized carbons (Fsp3) is 0.455. The van der Waals surface area contributed by atoms with Gasteiger partial charge in [-0.25, -0.2) is 0 Å². The molecule has 8 heteroatoms. The average Bonchev–Trinajstić information content (AvgIpc) is 3.00. The third-order valence-corrected chi connectivity index (χ3v) is 8.80. The van der Waals surface area contributed by atoms with Crippen LogP contribution in [0.4, 0.5) is 0 Å². The predicted octanol–water partition coefficient (Wildman–Crippen LogP) is 6.82. The van der Waals surface area contributed by atoms with Crippen molar-refractivity contribution in [2.24, 2.45) is 0 Å². The van der Waals surface area contributed by atoms with E-state index in [9.17, 15) is 9.59 Å². The Hall–Kier alpha value is -2.64. The first kappa shape index (κ1) is 31.3. The molecule has 1 N–H and O–H groups in total. The van der Waals surface area contributed by atoms with Crippen LogP contribution in [0.1, 0.15) is 63.0 Å². The van der Waals surface area contributed by atoms with Crippen molar-refractivity contribution in [3.8, 4) is 0 Å². The number of hydrogen-bond donors (Lipinski definition) is 1. The zero-order chi connectivity index (χ0) is 29.5. The number of halogens is 2. The second kappa shape index (κ2) is 14.0. The topological polar surface area (TPSA) is 67.9 Å². The van der Waals surface area contributed by atoms with Crippen LogP contribution in [0.15, 0.2) is 72.3 Å². The van der Waals surface area contributed by atoms with Crippen molar-refractivity contribution < 1.29 is 19.1 Å². The molecule has 1 heterocycles. The van der Waals surface area contributed by atoms with Gasteiger partial charge < -0.3 is 14.8 Å². The molecule has 2 aromatic carbocycles. The Morgan fingerprint density at radius 2 is 1.73 bits per heavy atom. The summed E-state index contributed by atoms with van der Waals surface area (Å²) in [5, 5.41) is 3.95. The molecule has 1 fully saturated rings. The lowest BCUT2D eigenvalue weighted by Crippen LogP contribution is -2.62. The fourth-order valence-corrected chi connectivity index (χ4v) is 6.44. The van der Waals surface area contributed by atoms with Crippen molar-refractivity contribution in [2.75, 3.05) is 33.4 Å². The molecule has 0 spiro atoms. The SMILES string of the molecule is CCCC(C1=CC(OCCOC(C)=O)(c2ccccc2)C=CC1(C(=O)NC)N1CCCCC1)c1ccc(Cl)c(Cl)c1. The van der Waals surface area contributed by atoms with Crippen molar-refractivity contribution in [3.05, 3.63) is 93.5 Å². The number of ether oxygens (including phenoxy) is 2. The minimum absolute atomic E-state index is 0.0790. The molecule has 1 amide bonds. The molecule has 0 radical (unpaired) electrons. The van der Waals surface area contributed by atoms with E-state index in [1.165, 1.54) is 6.92 Å². The van der Waals surface area contributed by atoms with Crippen LogP contribution in [0, 0.1) is 0 Å². The number of carbonyl (C=O) groups is 2. The van der Waals surface area contributed by atoms with E-state index in [2.05, 4.69) is 23.2 Å². The highest BCUT2D eigenvalue weighted by atomic mass is 35.5. The van der Waals surface area contributed by atoms with Crippen LogP contribution >= 0.6 is 23.2 Å². The molecule has 3 atom stereocenters. The van der Waals surface area contributed by atoms with Crippen LogP contribution in [-0.2, 0) is 24.7 Å². The van der Waals surface area contributed by atoms with Gasteiger partial charge in [-0.2, -0.15) is 0 Å². The van der Waals surface area contributed by atoms with Crippen LogP contribution in [0.3, 0.4) is 0 Å². The standard InChI is InChI=1S/C33H40Cl2N2O4/c1-4-11-27(25-14-15-29(34)30(35)22-25)28-23-32(26-12-7-5-8-13-26,41-21-20-40-24(2)38)16-17-33(28,31(39)36-3)37-18-9-6-10-19-37/h5,7-8,12-17,22-23,27H,4,6,9-11,18-21H2,1-3H3,(H,36,39). The average molecular weight is 600 g/mol. The quantitative estimate of drug-likeness (QED) is 0.175. The molecule has 3 unspecified atom stereocenters. The summed E-state index contributed by atoms with van der Waals surface area (Å²) in [5.41, 5.74) is 0.864. The van der Waals surface area contributed by atoms with Gasteiger partial charge in [0.25, 0.3) is 0 Å².